The maximum atomic E-state index is 13.5. The highest BCUT2D eigenvalue weighted by Crippen LogP contribution is 2.32. The quantitative estimate of drug-likeness (QED) is 0.449. The summed E-state index contributed by atoms with van der Waals surface area (Å²) >= 11 is 1.26. The number of oxazole rings is 1. The molecule has 1 fully saturated rings. The van der Waals surface area contributed by atoms with Crippen molar-refractivity contribution in [1.29, 1.82) is 0 Å². The Morgan fingerprint density at radius 2 is 1.82 bits per heavy atom. The molecule has 0 N–H and O–H groups in total. The number of carbonyl (C=O) groups excluding carboxylic acids is 1. The maximum Gasteiger partial charge on any atom is 0.416 e. The monoisotopic (exact) mass is 576 g/mol. The number of hydrogen-bond donors (Lipinski definition) is 0. The number of alkyl halides is 3. The Labute approximate surface area is 224 Å². The van der Waals surface area contributed by atoms with Crippen LogP contribution in [0.25, 0.3) is 0 Å². The van der Waals surface area contributed by atoms with Crippen molar-refractivity contribution in [3.05, 3.63) is 29.3 Å². The van der Waals surface area contributed by atoms with Gasteiger partial charge in [0.1, 0.15) is 23.7 Å². The van der Waals surface area contributed by atoms with Gasteiger partial charge in [-0.1, -0.05) is 11.8 Å². The topological polar surface area (TPSA) is 106 Å². The number of aryl methyl sites for hydroxylation is 2. The highest BCUT2D eigenvalue weighted by Gasteiger charge is 2.37. The Kier molecular flexibility index (Phi) is 8.22. The Morgan fingerprint density at radius 1 is 1.13 bits per heavy atom. The number of hydrogen-bond acceptors (Lipinski definition) is 9. The average molecular weight is 577 g/mol. The number of rotatable bonds is 6. The minimum absolute atomic E-state index is 0.0745. The average Bonchev–Trinajstić information content (AvgIpc) is 3.22. The van der Waals surface area contributed by atoms with Crippen molar-refractivity contribution in [2.45, 2.75) is 69.2 Å². The summed E-state index contributed by atoms with van der Waals surface area (Å²) < 4.78 is 75.6. The lowest BCUT2D eigenvalue weighted by Crippen LogP contribution is -2.43. The molecule has 4 rings (SSSR count). The number of nitrogens with zero attached hydrogens (tertiary/aromatic N) is 4. The zero-order valence-electron chi connectivity index (χ0n) is 21.5. The molecular weight excluding hydrogens is 545 g/mol. The van der Waals surface area contributed by atoms with Crippen LogP contribution in [0.4, 0.5) is 29.5 Å². The van der Waals surface area contributed by atoms with Gasteiger partial charge in [0.2, 0.25) is 0 Å². The second kappa shape index (κ2) is 10.9. The lowest BCUT2D eigenvalue weighted by Gasteiger charge is -2.31. The number of amides is 1. The molecule has 1 amide bonds. The van der Waals surface area contributed by atoms with Crippen LogP contribution in [0.3, 0.4) is 0 Å². The highest BCUT2D eigenvalue weighted by atomic mass is 32.2. The molecule has 2 aromatic rings. The van der Waals surface area contributed by atoms with E-state index in [-0.39, 0.29) is 36.2 Å². The van der Waals surface area contributed by atoms with Crippen LogP contribution in [0.5, 0.6) is 0 Å². The first kappa shape index (κ1) is 28.5. The molecule has 0 aromatic carbocycles. The molecule has 2 aliphatic rings. The van der Waals surface area contributed by atoms with E-state index < -0.39 is 34.3 Å². The summed E-state index contributed by atoms with van der Waals surface area (Å²) in [5, 5.41) is 0.453. The Morgan fingerprint density at radius 3 is 2.45 bits per heavy atom. The SMILES string of the molecule is CC(C)(C)OC(=O)N(CC(F)(F)F)c1cc(N2CCS(=O)(=O)CC2)cc(CSc2nc3c(o2)CCCC3)n1. The molecular formula is C24H31F3N4O5S2. The second-order valence-electron chi connectivity index (χ2n) is 10.3. The first-order valence-corrected chi connectivity index (χ1v) is 15.1. The van der Waals surface area contributed by atoms with Crippen molar-refractivity contribution < 1.29 is 35.5 Å². The molecule has 2 aromatic heterocycles. The van der Waals surface area contributed by atoms with E-state index in [0.717, 1.165) is 37.1 Å². The van der Waals surface area contributed by atoms with Crippen molar-refractivity contribution in [3.8, 4) is 0 Å². The van der Waals surface area contributed by atoms with E-state index in [2.05, 4.69) is 9.97 Å². The van der Waals surface area contributed by atoms with Crippen molar-refractivity contribution in [1.82, 2.24) is 9.97 Å². The third kappa shape index (κ3) is 7.78. The van der Waals surface area contributed by atoms with E-state index in [4.69, 9.17) is 9.15 Å². The lowest BCUT2D eigenvalue weighted by atomic mass is 10.0. The second-order valence-corrected chi connectivity index (χ2v) is 13.6. The number of thioether (sulfide) groups is 1. The molecule has 1 aliphatic carbocycles. The standard InChI is InChI=1S/C24H31F3N4O5S2/c1-23(2,3)36-22(32)31(15-24(25,26)27)20-13-17(30-8-10-38(33,34)11-9-30)12-16(28-20)14-37-21-29-18-6-4-5-7-19(18)35-21/h12-13H,4-11,14-15H2,1-3H3. The number of ether oxygens (including phenoxy) is 1. The molecule has 210 valence electrons. The Bertz CT molecular complexity index is 1240. The third-order valence-corrected chi connectivity index (χ3v) is 8.43. The normalized spacial score (nSPS) is 17.7. The molecule has 38 heavy (non-hydrogen) atoms. The Balaban J connectivity index is 1.66. The van der Waals surface area contributed by atoms with Crippen LogP contribution in [0.1, 0.15) is 50.8 Å². The maximum absolute atomic E-state index is 13.5. The van der Waals surface area contributed by atoms with Gasteiger partial charge in [-0.2, -0.15) is 13.2 Å². The van der Waals surface area contributed by atoms with Crippen molar-refractivity contribution in [2.24, 2.45) is 0 Å². The van der Waals surface area contributed by atoms with Gasteiger partial charge in [-0.25, -0.2) is 23.2 Å². The van der Waals surface area contributed by atoms with Crippen molar-refractivity contribution in [2.75, 3.05) is 40.9 Å². The largest absolute Gasteiger partial charge is 0.443 e. The smallest absolute Gasteiger partial charge is 0.416 e. The van der Waals surface area contributed by atoms with Crippen LogP contribution in [0.2, 0.25) is 0 Å². The minimum Gasteiger partial charge on any atom is -0.443 e. The molecule has 1 aliphatic heterocycles. The summed E-state index contributed by atoms with van der Waals surface area (Å²) in [7, 11) is -3.18. The number of anilines is 2. The van der Waals surface area contributed by atoms with Gasteiger partial charge in [-0.05, 0) is 46.1 Å². The lowest BCUT2D eigenvalue weighted by molar-refractivity contribution is -0.119. The number of aromatic nitrogens is 2. The van der Waals surface area contributed by atoms with Crippen LogP contribution in [0, 0.1) is 0 Å². The summed E-state index contributed by atoms with van der Waals surface area (Å²) in [5.41, 5.74) is 0.769. The van der Waals surface area contributed by atoms with E-state index in [1.165, 1.54) is 17.8 Å². The summed E-state index contributed by atoms with van der Waals surface area (Å²) in [6, 6.07) is 3.06. The zero-order chi connectivity index (χ0) is 27.7. The molecule has 3 heterocycles. The molecule has 0 spiro atoms. The van der Waals surface area contributed by atoms with Crippen LogP contribution in [-0.4, -0.2) is 67.4 Å². The molecule has 1 saturated heterocycles. The van der Waals surface area contributed by atoms with Crippen LogP contribution in [-0.2, 0) is 33.2 Å². The van der Waals surface area contributed by atoms with Crippen molar-refractivity contribution in [3.63, 3.8) is 0 Å². The minimum atomic E-state index is -4.71. The van der Waals surface area contributed by atoms with E-state index in [9.17, 15) is 26.4 Å². The fraction of sp³-hybridized carbons (Fsp3) is 0.625. The highest BCUT2D eigenvalue weighted by molar-refractivity contribution is 7.98. The van der Waals surface area contributed by atoms with Crippen molar-refractivity contribution >= 4 is 39.2 Å². The molecule has 0 bridgehead atoms. The summed E-state index contributed by atoms with van der Waals surface area (Å²) in [4.78, 5) is 24.0. The van der Waals surface area contributed by atoms with Crippen LogP contribution < -0.4 is 9.80 Å². The van der Waals surface area contributed by atoms with E-state index in [1.54, 1.807) is 31.7 Å². The molecule has 0 radical (unpaired) electrons. The van der Waals surface area contributed by atoms with Crippen LogP contribution in [0.15, 0.2) is 21.8 Å². The van der Waals surface area contributed by atoms with Gasteiger partial charge < -0.3 is 14.1 Å². The molecule has 0 atom stereocenters. The third-order valence-electron chi connectivity index (χ3n) is 5.96. The summed E-state index contributed by atoms with van der Waals surface area (Å²) in [6.45, 7) is 3.45. The van der Waals surface area contributed by atoms with Gasteiger partial charge in [0.15, 0.2) is 9.84 Å². The Hall–Kier alpha value is -2.48. The number of sulfone groups is 1. The van der Waals surface area contributed by atoms with Gasteiger partial charge in [0.05, 0.1) is 22.9 Å². The molecule has 9 nitrogen and oxygen atoms in total. The fourth-order valence-electron chi connectivity index (χ4n) is 4.18. The van der Waals surface area contributed by atoms with Gasteiger partial charge in [0, 0.05) is 37.0 Å². The summed E-state index contributed by atoms with van der Waals surface area (Å²) in [6.07, 6.45) is -2.15. The number of halogens is 3. The van der Waals surface area contributed by atoms with E-state index in [0.29, 0.717) is 21.5 Å². The predicted octanol–water partition coefficient (Wildman–Crippen LogP) is 4.78. The number of pyridine rings is 1. The van der Waals surface area contributed by atoms with Gasteiger partial charge in [-0.3, -0.25) is 4.90 Å². The van der Waals surface area contributed by atoms with E-state index >= 15 is 0 Å². The summed E-state index contributed by atoms with van der Waals surface area (Å²) in [5.74, 6) is 0.700. The predicted molar refractivity (Wildman–Crippen MR) is 137 cm³/mol. The van der Waals surface area contributed by atoms with Gasteiger partial charge >= 0.3 is 12.3 Å². The van der Waals surface area contributed by atoms with Gasteiger partial charge in [0.25, 0.3) is 5.22 Å². The van der Waals surface area contributed by atoms with E-state index in [1.807, 2.05) is 0 Å². The first-order chi connectivity index (χ1) is 17.7. The number of fused-ring (bicyclic) bond motifs is 1. The molecule has 14 heteroatoms. The number of carbonyl (C=O) groups is 1. The first-order valence-electron chi connectivity index (χ1n) is 12.3. The molecule has 0 unspecified atom stereocenters. The zero-order valence-corrected chi connectivity index (χ0v) is 23.1. The van der Waals surface area contributed by atoms with Crippen LogP contribution >= 0.6 is 11.8 Å². The molecule has 0 saturated carbocycles. The fourth-order valence-corrected chi connectivity index (χ4v) is 6.14. The van der Waals surface area contributed by atoms with Gasteiger partial charge in [-0.15, -0.1) is 0 Å².